The molecule has 6 heteroatoms. The van der Waals surface area contributed by atoms with Gasteiger partial charge >= 0.3 is 0 Å². The van der Waals surface area contributed by atoms with Crippen molar-refractivity contribution in [2.75, 3.05) is 5.75 Å². The van der Waals surface area contributed by atoms with Gasteiger partial charge in [-0.25, -0.2) is 0 Å². The molecular formula is C24H31ClN2O2S. The maximum atomic E-state index is 13.1. The van der Waals surface area contributed by atoms with Gasteiger partial charge in [0.15, 0.2) is 0 Å². The molecule has 1 atom stereocenters. The molecule has 0 aliphatic rings. The van der Waals surface area contributed by atoms with Crippen molar-refractivity contribution in [1.29, 1.82) is 0 Å². The molecule has 0 spiro atoms. The summed E-state index contributed by atoms with van der Waals surface area (Å²) in [6.07, 6.45) is 0. The van der Waals surface area contributed by atoms with E-state index in [2.05, 4.69) is 5.32 Å². The first-order valence-corrected chi connectivity index (χ1v) is 11.6. The summed E-state index contributed by atoms with van der Waals surface area (Å²) in [5.41, 5.74) is 2.78. The molecule has 30 heavy (non-hydrogen) atoms. The van der Waals surface area contributed by atoms with Crippen molar-refractivity contribution in [2.45, 2.75) is 58.5 Å². The second kappa shape index (κ2) is 10.9. The van der Waals surface area contributed by atoms with Crippen LogP contribution in [-0.2, 0) is 21.9 Å². The second-order valence-corrected chi connectivity index (χ2v) is 9.84. The number of benzene rings is 2. The molecule has 0 heterocycles. The molecule has 0 unspecified atom stereocenters. The van der Waals surface area contributed by atoms with E-state index in [4.69, 9.17) is 11.6 Å². The van der Waals surface area contributed by atoms with Gasteiger partial charge < -0.3 is 10.2 Å². The Balaban J connectivity index is 2.13. The highest BCUT2D eigenvalue weighted by Crippen LogP contribution is 2.22. The van der Waals surface area contributed by atoms with Crippen LogP contribution in [-0.4, -0.2) is 34.0 Å². The van der Waals surface area contributed by atoms with E-state index < -0.39 is 6.04 Å². The number of aryl methyl sites for hydroxylation is 1. The molecule has 0 fully saturated rings. The molecule has 4 nitrogen and oxygen atoms in total. The van der Waals surface area contributed by atoms with Crippen molar-refractivity contribution < 1.29 is 9.59 Å². The number of amides is 2. The van der Waals surface area contributed by atoms with Crippen LogP contribution in [0.4, 0.5) is 0 Å². The summed E-state index contributed by atoms with van der Waals surface area (Å²) in [5, 5.41) is 3.69. The van der Waals surface area contributed by atoms with Gasteiger partial charge in [-0.05, 0) is 57.4 Å². The molecule has 2 amide bonds. The van der Waals surface area contributed by atoms with Crippen molar-refractivity contribution in [3.63, 3.8) is 0 Å². The average molecular weight is 447 g/mol. The first-order chi connectivity index (χ1) is 14.1. The Hall–Kier alpha value is -1.98. The number of halogens is 1. The predicted molar refractivity (Wildman–Crippen MR) is 127 cm³/mol. The molecule has 162 valence electrons. The molecule has 0 bridgehead atoms. The third kappa shape index (κ3) is 7.37. The first kappa shape index (κ1) is 24.3. The van der Waals surface area contributed by atoms with Crippen LogP contribution in [0, 0.1) is 6.92 Å². The molecule has 2 aromatic rings. The molecule has 0 aromatic heterocycles. The van der Waals surface area contributed by atoms with Gasteiger partial charge in [0.05, 0.1) is 5.75 Å². The number of rotatable bonds is 8. The monoisotopic (exact) mass is 446 g/mol. The Kier molecular flexibility index (Phi) is 8.80. The number of carbonyl (C=O) groups is 2. The van der Waals surface area contributed by atoms with E-state index in [9.17, 15) is 9.59 Å². The molecule has 2 rings (SSSR count). The largest absolute Gasteiger partial charge is 0.350 e. The predicted octanol–water partition coefficient (Wildman–Crippen LogP) is 5.21. The summed E-state index contributed by atoms with van der Waals surface area (Å²) in [6.45, 7) is 10.0. The molecule has 2 aromatic carbocycles. The van der Waals surface area contributed by atoms with Gasteiger partial charge in [0, 0.05) is 22.9 Å². The van der Waals surface area contributed by atoms with E-state index in [0.717, 1.165) is 16.7 Å². The van der Waals surface area contributed by atoms with Gasteiger partial charge in [-0.3, -0.25) is 9.59 Å². The van der Waals surface area contributed by atoms with Gasteiger partial charge in [0.25, 0.3) is 0 Å². The Labute approximate surface area is 189 Å². The molecular weight excluding hydrogens is 416 g/mol. The van der Waals surface area contributed by atoms with E-state index >= 15 is 0 Å². The van der Waals surface area contributed by atoms with Crippen LogP contribution < -0.4 is 5.32 Å². The Bertz CT molecular complexity index is 880. The second-order valence-electron chi connectivity index (χ2n) is 8.45. The van der Waals surface area contributed by atoms with Crippen molar-refractivity contribution in [1.82, 2.24) is 10.2 Å². The van der Waals surface area contributed by atoms with Crippen LogP contribution in [0.25, 0.3) is 0 Å². The summed E-state index contributed by atoms with van der Waals surface area (Å²) in [5.74, 6) is 0.712. The Morgan fingerprint density at radius 3 is 2.27 bits per heavy atom. The molecule has 0 saturated carbocycles. The Morgan fingerprint density at radius 2 is 1.67 bits per heavy atom. The van der Waals surface area contributed by atoms with Crippen LogP contribution in [0.2, 0.25) is 5.02 Å². The van der Waals surface area contributed by atoms with E-state index in [1.54, 1.807) is 11.8 Å². The molecule has 0 aliphatic carbocycles. The summed E-state index contributed by atoms with van der Waals surface area (Å²) in [7, 11) is 0. The van der Waals surface area contributed by atoms with Gasteiger partial charge in [0.1, 0.15) is 6.04 Å². The SMILES string of the molecule is Cc1ccccc1CN(C(=O)CSCc1ccccc1Cl)[C@H](C)C(=O)NC(C)(C)C. The maximum Gasteiger partial charge on any atom is 0.242 e. The van der Waals surface area contributed by atoms with Crippen molar-refractivity contribution in [2.24, 2.45) is 0 Å². The zero-order valence-corrected chi connectivity index (χ0v) is 19.9. The summed E-state index contributed by atoms with van der Waals surface area (Å²) < 4.78 is 0. The van der Waals surface area contributed by atoms with Crippen LogP contribution in [0.1, 0.15) is 44.4 Å². The fourth-order valence-electron chi connectivity index (χ4n) is 2.97. The van der Waals surface area contributed by atoms with Crippen molar-refractivity contribution in [3.05, 3.63) is 70.2 Å². The number of nitrogens with one attached hydrogen (secondary N) is 1. The number of hydrogen-bond donors (Lipinski definition) is 1. The zero-order chi connectivity index (χ0) is 22.3. The van der Waals surface area contributed by atoms with Crippen molar-refractivity contribution >= 4 is 35.2 Å². The zero-order valence-electron chi connectivity index (χ0n) is 18.4. The lowest BCUT2D eigenvalue weighted by Crippen LogP contribution is -2.52. The lowest BCUT2D eigenvalue weighted by molar-refractivity contribution is -0.139. The molecule has 0 radical (unpaired) electrons. The topological polar surface area (TPSA) is 49.4 Å². The van der Waals surface area contributed by atoms with Crippen LogP contribution in [0.15, 0.2) is 48.5 Å². The fraction of sp³-hybridized carbons (Fsp3) is 0.417. The minimum absolute atomic E-state index is 0.0631. The average Bonchev–Trinajstić information content (AvgIpc) is 2.67. The van der Waals surface area contributed by atoms with Gasteiger partial charge in [0.2, 0.25) is 11.8 Å². The first-order valence-electron chi connectivity index (χ1n) is 10.1. The van der Waals surface area contributed by atoms with E-state index in [-0.39, 0.29) is 23.1 Å². The maximum absolute atomic E-state index is 13.1. The third-order valence-electron chi connectivity index (χ3n) is 4.71. The smallest absolute Gasteiger partial charge is 0.242 e. The van der Waals surface area contributed by atoms with Crippen LogP contribution in [0.3, 0.4) is 0 Å². The number of thioether (sulfide) groups is 1. The lowest BCUT2D eigenvalue weighted by atomic mass is 10.1. The minimum atomic E-state index is -0.572. The van der Waals surface area contributed by atoms with Gasteiger partial charge in [-0.2, -0.15) is 0 Å². The van der Waals surface area contributed by atoms with Crippen molar-refractivity contribution in [3.8, 4) is 0 Å². The van der Waals surface area contributed by atoms with Gasteiger partial charge in [-0.1, -0.05) is 54.1 Å². The van der Waals surface area contributed by atoms with E-state index in [1.807, 2.05) is 76.2 Å². The minimum Gasteiger partial charge on any atom is -0.350 e. The number of carbonyl (C=O) groups excluding carboxylic acids is 2. The quantitative estimate of drug-likeness (QED) is 0.605. The summed E-state index contributed by atoms with van der Waals surface area (Å²) >= 11 is 7.73. The highest BCUT2D eigenvalue weighted by atomic mass is 35.5. The molecule has 1 N–H and O–H groups in total. The standard InChI is InChI=1S/C24H31ClN2O2S/c1-17-10-6-7-11-19(17)14-27(18(2)23(29)26-24(3,4)5)22(28)16-30-15-20-12-8-9-13-21(20)25/h6-13,18H,14-16H2,1-5H3,(H,26,29)/t18-/m1/s1. The van der Waals surface area contributed by atoms with E-state index in [1.165, 1.54) is 11.8 Å². The third-order valence-corrected chi connectivity index (χ3v) is 6.04. The molecule has 0 saturated heterocycles. The highest BCUT2D eigenvalue weighted by molar-refractivity contribution is 7.99. The lowest BCUT2D eigenvalue weighted by Gasteiger charge is -2.31. The number of nitrogens with zero attached hydrogens (tertiary/aromatic N) is 1. The summed E-state index contributed by atoms with van der Waals surface area (Å²) in [6, 6.07) is 15.0. The fourth-order valence-corrected chi connectivity index (χ4v) is 4.17. The van der Waals surface area contributed by atoms with Crippen LogP contribution >= 0.6 is 23.4 Å². The normalized spacial score (nSPS) is 12.3. The highest BCUT2D eigenvalue weighted by Gasteiger charge is 2.28. The number of hydrogen-bond acceptors (Lipinski definition) is 3. The van der Waals surface area contributed by atoms with Gasteiger partial charge in [-0.15, -0.1) is 11.8 Å². The van der Waals surface area contributed by atoms with Crippen LogP contribution in [0.5, 0.6) is 0 Å². The van der Waals surface area contributed by atoms with E-state index in [0.29, 0.717) is 17.3 Å². The Morgan fingerprint density at radius 1 is 1.07 bits per heavy atom. The summed E-state index contributed by atoms with van der Waals surface area (Å²) in [4.78, 5) is 27.6. The molecule has 0 aliphatic heterocycles.